The van der Waals surface area contributed by atoms with Crippen LogP contribution in [0.15, 0.2) is 18.2 Å². The number of methoxy groups -OCH3 is 1. The second kappa shape index (κ2) is 6.24. The lowest BCUT2D eigenvalue weighted by Crippen LogP contribution is -2.44. The minimum absolute atomic E-state index is 0.137. The van der Waals surface area contributed by atoms with Crippen LogP contribution >= 0.6 is 0 Å². The van der Waals surface area contributed by atoms with E-state index in [0.29, 0.717) is 11.8 Å². The third-order valence-electron chi connectivity index (χ3n) is 4.78. The summed E-state index contributed by atoms with van der Waals surface area (Å²) in [7, 11) is 1.65. The van der Waals surface area contributed by atoms with Crippen molar-refractivity contribution in [2.75, 3.05) is 20.2 Å². The van der Waals surface area contributed by atoms with Gasteiger partial charge in [0.05, 0.1) is 7.11 Å². The number of hydrogen-bond acceptors (Lipinski definition) is 4. The van der Waals surface area contributed by atoms with Crippen LogP contribution in [0.4, 0.5) is 0 Å². The molecule has 1 heterocycles. The highest BCUT2D eigenvalue weighted by atomic mass is 16.5. The fraction of sp³-hybridized carbons (Fsp3) is 0.647. The van der Waals surface area contributed by atoms with Crippen molar-refractivity contribution < 1.29 is 9.84 Å². The van der Waals surface area contributed by atoms with E-state index >= 15 is 0 Å². The van der Waals surface area contributed by atoms with Gasteiger partial charge < -0.3 is 20.1 Å². The van der Waals surface area contributed by atoms with Gasteiger partial charge in [0.1, 0.15) is 11.5 Å². The van der Waals surface area contributed by atoms with Crippen LogP contribution in [0.1, 0.15) is 44.2 Å². The maximum atomic E-state index is 10.0. The molecule has 1 aliphatic carbocycles. The minimum atomic E-state index is 0.137. The number of hydrogen-bond donors (Lipinski definition) is 2. The Morgan fingerprint density at radius 2 is 1.95 bits per heavy atom. The van der Waals surface area contributed by atoms with Gasteiger partial charge >= 0.3 is 0 Å². The molecular weight excluding hydrogens is 264 g/mol. The summed E-state index contributed by atoms with van der Waals surface area (Å²) in [4.78, 5) is 2.63. The van der Waals surface area contributed by atoms with E-state index in [1.807, 2.05) is 6.07 Å². The molecule has 21 heavy (non-hydrogen) atoms. The first-order valence-corrected chi connectivity index (χ1v) is 8.04. The predicted octanol–water partition coefficient (Wildman–Crippen LogP) is 2.68. The van der Waals surface area contributed by atoms with Crippen molar-refractivity contribution in [3.63, 3.8) is 0 Å². The molecule has 2 aliphatic rings. The van der Waals surface area contributed by atoms with Crippen molar-refractivity contribution in [3.05, 3.63) is 23.8 Å². The van der Waals surface area contributed by atoms with E-state index in [4.69, 9.17) is 4.74 Å². The fourth-order valence-electron chi connectivity index (χ4n) is 3.32. The van der Waals surface area contributed by atoms with Crippen molar-refractivity contribution in [1.29, 1.82) is 0 Å². The molecule has 0 radical (unpaired) electrons. The highest BCUT2D eigenvalue weighted by Gasteiger charge is 2.32. The lowest BCUT2D eigenvalue weighted by molar-refractivity contribution is 0.184. The quantitative estimate of drug-likeness (QED) is 0.875. The maximum absolute atomic E-state index is 10.0. The number of nitrogens with zero attached hydrogens (tertiary/aromatic N) is 1. The Morgan fingerprint density at radius 3 is 2.57 bits per heavy atom. The summed E-state index contributed by atoms with van der Waals surface area (Å²) in [6, 6.07) is 6.98. The zero-order valence-corrected chi connectivity index (χ0v) is 13.0. The second-order valence-corrected chi connectivity index (χ2v) is 6.35. The molecule has 1 saturated carbocycles. The topological polar surface area (TPSA) is 44.7 Å². The van der Waals surface area contributed by atoms with Crippen molar-refractivity contribution >= 4 is 0 Å². The molecule has 3 rings (SSSR count). The normalized spacial score (nSPS) is 22.2. The Balaban J connectivity index is 1.57. The Kier molecular flexibility index (Phi) is 4.36. The van der Waals surface area contributed by atoms with Crippen LogP contribution in [0, 0.1) is 0 Å². The molecule has 1 aromatic rings. The molecule has 1 saturated heterocycles. The van der Waals surface area contributed by atoms with E-state index in [1.165, 1.54) is 38.8 Å². The Bertz CT molecular complexity index is 480. The van der Waals surface area contributed by atoms with Gasteiger partial charge in [0.15, 0.2) is 0 Å². The van der Waals surface area contributed by atoms with Crippen LogP contribution in [0.5, 0.6) is 11.5 Å². The van der Waals surface area contributed by atoms with E-state index in [-0.39, 0.29) is 6.04 Å². The van der Waals surface area contributed by atoms with Gasteiger partial charge in [-0.05, 0) is 63.9 Å². The first kappa shape index (κ1) is 14.7. The molecule has 2 N–H and O–H groups in total. The van der Waals surface area contributed by atoms with Crippen molar-refractivity contribution in [2.45, 2.75) is 50.7 Å². The standard InChI is InChI=1S/C17H26N2O2/c1-12(16-11-15(21-2)5-6-17(16)20)18-13-7-9-19(10-8-13)14-3-4-14/h5-6,11-14,18,20H,3-4,7-10H2,1-2H3. The van der Waals surface area contributed by atoms with E-state index in [0.717, 1.165) is 17.4 Å². The first-order valence-electron chi connectivity index (χ1n) is 8.04. The first-order chi connectivity index (χ1) is 10.2. The lowest BCUT2D eigenvalue weighted by atomic mass is 10.0. The monoisotopic (exact) mass is 290 g/mol. The molecule has 0 bridgehead atoms. The molecular formula is C17H26N2O2. The molecule has 116 valence electrons. The van der Waals surface area contributed by atoms with Crippen LogP contribution in [-0.4, -0.2) is 42.3 Å². The Morgan fingerprint density at radius 1 is 1.24 bits per heavy atom. The van der Waals surface area contributed by atoms with Crippen LogP contribution < -0.4 is 10.1 Å². The highest BCUT2D eigenvalue weighted by molar-refractivity contribution is 5.41. The Labute approximate surface area is 127 Å². The van der Waals surface area contributed by atoms with E-state index < -0.39 is 0 Å². The van der Waals surface area contributed by atoms with Crippen molar-refractivity contribution in [1.82, 2.24) is 10.2 Å². The van der Waals surface area contributed by atoms with Crippen molar-refractivity contribution in [3.8, 4) is 11.5 Å². The van der Waals surface area contributed by atoms with Crippen LogP contribution in [0.2, 0.25) is 0 Å². The van der Waals surface area contributed by atoms with E-state index in [2.05, 4.69) is 17.1 Å². The fourth-order valence-corrected chi connectivity index (χ4v) is 3.32. The van der Waals surface area contributed by atoms with Crippen molar-refractivity contribution in [2.24, 2.45) is 0 Å². The van der Waals surface area contributed by atoms with Gasteiger partial charge in [-0.15, -0.1) is 0 Å². The molecule has 4 heteroatoms. The average molecular weight is 290 g/mol. The molecule has 0 aromatic heterocycles. The van der Waals surface area contributed by atoms with Gasteiger partial charge in [0, 0.05) is 23.7 Å². The number of phenolic OH excluding ortho intramolecular Hbond substituents is 1. The zero-order chi connectivity index (χ0) is 14.8. The number of phenols is 1. The molecule has 1 aliphatic heterocycles. The van der Waals surface area contributed by atoms with Gasteiger partial charge in [-0.1, -0.05) is 0 Å². The molecule has 2 fully saturated rings. The SMILES string of the molecule is COc1ccc(O)c(C(C)NC2CCN(C3CC3)CC2)c1. The minimum Gasteiger partial charge on any atom is -0.508 e. The van der Waals surface area contributed by atoms with Crippen LogP contribution in [0.3, 0.4) is 0 Å². The lowest BCUT2D eigenvalue weighted by Gasteiger charge is -2.34. The summed E-state index contributed by atoms with van der Waals surface area (Å²) < 4.78 is 5.25. The highest BCUT2D eigenvalue weighted by Crippen LogP contribution is 2.31. The van der Waals surface area contributed by atoms with Gasteiger partial charge in [0.25, 0.3) is 0 Å². The van der Waals surface area contributed by atoms with Gasteiger partial charge in [-0.2, -0.15) is 0 Å². The predicted molar refractivity (Wildman–Crippen MR) is 83.8 cm³/mol. The number of ether oxygens (including phenoxy) is 1. The summed E-state index contributed by atoms with van der Waals surface area (Å²) in [6.45, 7) is 4.53. The number of nitrogens with one attached hydrogen (secondary N) is 1. The molecule has 4 nitrogen and oxygen atoms in total. The van der Waals surface area contributed by atoms with E-state index in [9.17, 15) is 5.11 Å². The number of benzene rings is 1. The summed E-state index contributed by atoms with van der Waals surface area (Å²) in [5, 5.41) is 13.7. The van der Waals surface area contributed by atoms with Crippen LogP contribution in [-0.2, 0) is 0 Å². The summed E-state index contributed by atoms with van der Waals surface area (Å²) in [5.74, 6) is 1.13. The summed E-state index contributed by atoms with van der Waals surface area (Å²) >= 11 is 0. The largest absolute Gasteiger partial charge is 0.508 e. The van der Waals surface area contributed by atoms with Crippen LogP contribution in [0.25, 0.3) is 0 Å². The van der Waals surface area contributed by atoms with Gasteiger partial charge in [-0.3, -0.25) is 0 Å². The average Bonchev–Trinajstić information content (AvgIpc) is 3.33. The molecule has 1 aromatic carbocycles. The second-order valence-electron chi connectivity index (χ2n) is 6.35. The zero-order valence-electron chi connectivity index (χ0n) is 13.0. The molecule has 1 unspecified atom stereocenters. The molecule has 0 amide bonds. The van der Waals surface area contributed by atoms with E-state index in [1.54, 1.807) is 19.2 Å². The van der Waals surface area contributed by atoms with Gasteiger partial charge in [0.2, 0.25) is 0 Å². The smallest absolute Gasteiger partial charge is 0.120 e. The third kappa shape index (κ3) is 3.50. The summed E-state index contributed by atoms with van der Waals surface area (Å²) in [5.41, 5.74) is 0.916. The number of piperidine rings is 1. The maximum Gasteiger partial charge on any atom is 0.120 e. The summed E-state index contributed by atoms with van der Waals surface area (Å²) in [6.07, 6.45) is 5.19. The number of rotatable bonds is 5. The Hall–Kier alpha value is -1.26. The number of aromatic hydroxyl groups is 1. The third-order valence-corrected chi connectivity index (χ3v) is 4.78. The van der Waals surface area contributed by atoms with Gasteiger partial charge in [-0.25, -0.2) is 0 Å². The number of likely N-dealkylation sites (tertiary alicyclic amines) is 1. The molecule has 0 spiro atoms. The molecule has 1 atom stereocenters.